The van der Waals surface area contributed by atoms with Gasteiger partial charge in [-0.1, -0.05) is 23.2 Å². The van der Waals surface area contributed by atoms with Crippen molar-refractivity contribution in [2.24, 2.45) is 11.8 Å². The maximum atomic E-state index is 12.3. The molecule has 0 heterocycles. The Bertz CT molecular complexity index is 837. The third kappa shape index (κ3) is 4.29. The molecule has 2 aromatic rings. The molecule has 26 heavy (non-hydrogen) atoms. The Labute approximate surface area is 162 Å². The Balaban J connectivity index is 1.56. The molecule has 2 amide bonds. The standard InChI is InChI=1S/C19H19Cl2N3O2/c1-24(2)13-6-4-12(5-7-13)22-18(25)14-10-15(14)19(26)23-17-9-11(20)3-8-16(17)21/h3-9,14-15H,10H2,1-2H3,(H,22,25)(H,23,26). The van der Waals surface area contributed by atoms with E-state index in [1.165, 1.54) is 0 Å². The first-order valence-electron chi connectivity index (χ1n) is 8.19. The fourth-order valence-electron chi connectivity index (χ4n) is 2.67. The van der Waals surface area contributed by atoms with Gasteiger partial charge in [0.05, 0.1) is 22.5 Å². The number of halogens is 2. The van der Waals surface area contributed by atoms with Crippen molar-refractivity contribution >= 4 is 52.1 Å². The van der Waals surface area contributed by atoms with Crippen LogP contribution in [-0.4, -0.2) is 25.9 Å². The normalized spacial score (nSPS) is 18.2. The molecule has 1 fully saturated rings. The average Bonchev–Trinajstić information content (AvgIpc) is 3.39. The Kier molecular flexibility index (Phi) is 5.39. The zero-order chi connectivity index (χ0) is 18.8. The summed E-state index contributed by atoms with van der Waals surface area (Å²) in [7, 11) is 3.90. The van der Waals surface area contributed by atoms with Gasteiger partial charge in [-0.2, -0.15) is 0 Å². The molecule has 2 atom stereocenters. The van der Waals surface area contributed by atoms with Gasteiger partial charge in [0.1, 0.15) is 0 Å². The van der Waals surface area contributed by atoms with E-state index in [-0.39, 0.29) is 23.7 Å². The SMILES string of the molecule is CN(C)c1ccc(NC(=O)C2CC2C(=O)Nc2cc(Cl)ccc2Cl)cc1. The van der Waals surface area contributed by atoms with Gasteiger partial charge in [0.25, 0.3) is 0 Å². The lowest BCUT2D eigenvalue weighted by molar-refractivity contribution is -0.122. The maximum Gasteiger partial charge on any atom is 0.228 e. The van der Waals surface area contributed by atoms with Gasteiger partial charge in [0, 0.05) is 30.5 Å². The van der Waals surface area contributed by atoms with Crippen LogP contribution in [0.2, 0.25) is 10.0 Å². The van der Waals surface area contributed by atoms with Gasteiger partial charge in [-0.15, -0.1) is 0 Å². The van der Waals surface area contributed by atoms with Gasteiger partial charge < -0.3 is 15.5 Å². The maximum absolute atomic E-state index is 12.3. The quantitative estimate of drug-likeness (QED) is 0.799. The van der Waals surface area contributed by atoms with Crippen molar-refractivity contribution in [1.29, 1.82) is 0 Å². The number of carbonyl (C=O) groups excluding carboxylic acids is 2. The summed E-state index contributed by atoms with van der Waals surface area (Å²) in [5.74, 6) is -1.07. The predicted molar refractivity (Wildman–Crippen MR) is 106 cm³/mol. The molecule has 0 aromatic heterocycles. The van der Waals surface area contributed by atoms with Gasteiger partial charge in [-0.3, -0.25) is 9.59 Å². The second-order valence-corrected chi connectivity index (χ2v) is 7.34. The minimum absolute atomic E-state index is 0.153. The second kappa shape index (κ2) is 7.56. The van der Waals surface area contributed by atoms with Crippen molar-refractivity contribution in [3.63, 3.8) is 0 Å². The van der Waals surface area contributed by atoms with Crippen LogP contribution in [0.1, 0.15) is 6.42 Å². The number of rotatable bonds is 5. The van der Waals surface area contributed by atoms with Gasteiger partial charge in [0.15, 0.2) is 0 Å². The summed E-state index contributed by atoms with van der Waals surface area (Å²) in [4.78, 5) is 26.6. The topological polar surface area (TPSA) is 61.4 Å². The molecule has 2 N–H and O–H groups in total. The molecule has 0 bridgehead atoms. The van der Waals surface area contributed by atoms with E-state index in [0.717, 1.165) is 5.69 Å². The van der Waals surface area contributed by atoms with E-state index in [0.29, 0.717) is 27.8 Å². The van der Waals surface area contributed by atoms with Gasteiger partial charge >= 0.3 is 0 Å². The Morgan fingerprint density at radius 1 is 0.962 bits per heavy atom. The lowest BCUT2D eigenvalue weighted by Crippen LogP contribution is -2.20. The number of nitrogens with zero attached hydrogens (tertiary/aromatic N) is 1. The summed E-state index contributed by atoms with van der Waals surface area (Å²) in [5.41, 5.74) is 2.21. The second-order valence-electron chi connectivity index (χ2n) is 6.49. The Morgan fingerprint density at radius 3 is 2.19 bits per heavy atom. The van der Waals surface area contributed by atoms with E-state index in [1.54, 1.807) is 18.2 Å². The highest BCUT2D eigenvalue weighted by atomic mass is 35.5. The Hall–Kier alpha value is -2.24. The molecule has 0 spiro atoms. The van der Waals surface area contributed by atoms with Gasteiger partial charge in [0.2, 0.25) is 11.8 Å². The minimum atomic E-state index is -0.355. The van der Waals surface area contributed by atoms with E-state index < -0.39 is 0 Å². The zero-order valence-corrected chi connectivity index (χ0v) is 15.9. The Morgan fingerprint density at radius 2 is 1.58 bits per heavy atom. The van der Waals surface area contributed by atoms with Crippen LogP contribution >= 0.6 is 23.2 Å². The van der Waals surface area contributed by atoms with Crippen LogP contribution in [-0.2, 0) is 9.59 Å². The summed E-state index contributed by atoms with van der Waals surface area (Å²) in [6.07, 6.45) is 0.519. The van der Waals surface area contributed by atoms with Gasteiger partial charge in [-0.05, 0) is 48.9 Å². The molecule has 0 aliphatic heterocycles. The van der Waals surface area contributed by atoms with E-state index in [2.05, 4.69) is 10.6 Å². The van der Waals surface area contributed by atoms with E-state index in [4.69, 9.17) is 23.2 Å². The molecule has 1 aliphatic carbocycles. The lowest BCUT2D eigenvalue weighted by atomic mass is 10.2. The number of carbonyl (C=O) groups is 2. The predicted octanol–water partition coefficient (Wildman–Crippen LogP) is 4.27. The summed E-state index contributed by atoms with van der Waals surface area (Å²) in [6.45, 7) is 0. The fraction of sp³-hybridized carbons (Fsp3) is 0.263. The fourth-order valence-corrected chi connectivity index (χ4v) is 3.01. The van der Waals surface area contributed by atoms with Crippen molar-refractivity contribution in [2.75, 3.05) is 29.6 Å². The molecule has 136 valence electrons. The molecule has 1 aliphatic rings. The van der Waals surface area contributed by atoms with Crippen LogP contribution in [0.4, 0.5) is 17.1 Å². The minimum Gasteiger partial charge on any atom is -0.378 e. The summed E-state index contributed by atoms with van der Waals surface area (Å²) in [6, 6.07) is 12.4. The monoisotopic (exact) mass is 391 g/mol. The molecular formula is C19H19Cl2N3O2. The number of anilines is 3. The van der Waals surface area contributed by atoms with Crippen LogP contribution in [0, 0.1) is 11.8 Å². The summed E-state index contributed by atoms with van der Waals surface area (Å²) in [5, 5.41) is 6.49. The highest BCUT2D eigenvalue weighted by molar-refractivity contribution is 6.35. The number of nitrogens with one attached hydrogen (secondary N) is 2. The van der Waals surface area contributed by atoms with Gasteiger partial charge in [-0.25, -0.2) is 0 Å². The average molecular weight is 392 g/mol. The third-order valence-electron chi connectivity index (χ3n) is 4.30. The van der Waals surface area contributed by atoms with Crippen LogP contribution in [0.25, 0.3) is 0 Å². The number of amides is 2. The smallest absolute Gasteiger partial charge is 0.228 e. The highest BCUT2D eigenvalue weighted by Crippen LogP contribution is 2.41. The van der Waals surface area contributed by atoms with Crippen molar-refractivity contribution in [1.82, 2.24) is 0 Å². The first-order chi connectivity index (χ1) is 12.3. The summed E-state index contributed by atoms with van der Waals surface area (Å²) >= 11 is 12.0. The van der Waals surface area contributed by atoms with Crippen molar-refractivity contribution < 1.29 is 9.59 Å². The van der Waals surface area contributed by atoms with Crippen LogP contribution in [0.15, 0.2) is 42.5 Å². The third-order valence-corrected chi connectivity index (χ3v) is 4.87. The van der Waals surface area contributed by atoms with Crippen molar-refractivity contribution in [3.8, 4) is 0 Å². The van der Waals surface area contributed by atoms with Crippen LogP contribution < -0.4 is 15.5 Å². The molecular weight excluding hydrogens is 373 g/mol. The number of hydrogen-bond donors (Lipinski definition) is 2. The number of benzene rings is 2. The molecule has 7 heteroatoms. The molecule has 2 aromatic carbocycles. The molecule has 2 unspecified atom stereocenters. The molecule has 0 saturated heterocycles. The molecule has 1 saturated carbocycles. The summed E-state index contributed by atoms with van der Waals surface area (Å²) < 4.78 is 0. The van der Waals surface area contributed by atoms with E-state index in [1.807, 2.05) is 43.3 Å². The number of hydrogen-bond acceptors (Lipinski definition) is 3. The highest BCUT2D eigenvalue weighted by Gasteiger charge is 2.48. The molecule has 3 rings (SSSR count). The van der Waals surface area contributed by atoms with Crippen molar-refractivity contribution in [2.45, 2.75) is 6.42 Å². The van der Waals surface area contributed by atoms with Crippen LogP contribution in [0.5, 0.6) is 0 Å². The van der Waals surface area contributed by atoms with E-state index in [9.17, 15) is 9.59 Å². The first kappa shape index (κ1) is 18.5. The van der Waals surface area contributed by atoms with E-state index >= 15 is 0 Å². The zero-order valence-electron chi connectivity index (χ0n) is 14.4. The first-order valence-corrected chi connectivity index (χ1v) is 8.95. The van der Waals surface area contributed by atoms with Crippen molar-refractivity contribution in [3.05, 3.63) is 52.5 Å². The lowest BCUT2D eigenvalue weighted by Gasteiger charge is -2.13. The van der Waals surface area contributed by atoms with Crippen LogP contribution in [0.3, 0.4) is 0 Å². The molecule has 0 radical (unpaired) electrons. The largest absolute Gasteiger partial charge is 0.378 e. The molecule has 5 nitrogen and oxygen atoms in total.